The minimum Gasteiger partial charge on any atom is -0.395 e. The summed E-state index contributed by atoms with van der Waals surface area (Å²) in [6.45, 7) is 2.81. The van der Waals surface area contributed by atoms with E-state index < -0.39 is 29.6 Å². The van der Waals surface area contributed by atoms with E-state index in [9.17, 15) is 18.8 Å². The molecule has 2 atom stereocenters. The normalized spacial score (nSPS) is 17.8. The Labute approximate surface area is 259 Å². The lowest BCUT2D eigenvalue weighted by Crippen LogP contribution is -2.45. The molecule has 43 heavy (non-hydrogen) atoms. The van der Waals surface area contributed by atoms with Crippen LogP contribution in [0.25, 0.3) is 0 Å². The zero-order valence-corrected chi connectivity index (χ0v) is 25.5. The fraction of sp³-hybridized carbons (Fsp3) is 0.419. The number of anilines is 2. The third-order valence-electron chi connectivity index (χ3n) is 7.91. The number of benzene rings is 2. The minimum atomic E-state index is -1.18. The van der Waals surface area contributed by atoms with Crippen molar-refractivity contribution in [2.45, 2.75) is 70.1 Å². The molecule has 2 heterocycles. The summed E-state index contributed by atoms with van der Waals surface area (Å²) >= 11 is 6.94. The first-order valence-corrected chi connectivity index (χ1v) is 15.7. The van der Waals surface area contributed by atoms with E-state index >= 15 is 0 Å². The smallest absolute Gasteiger partial charge is 0.273 e. The fourth-order valence-corrected chi connectivity index (χ4v) is 6.44. The van der Waals surface area contributed by atoms with Crippen molar-refractivity contribution in [2.24, 2.45) is 0 Å². The average Bonchev–Trinajstić information content (AvgIpc) is 3.67. The predicted molar refractivity (Wildman–Crippen MR) is 165 cm³/mol. The summed E-state index contributed by atoms with van der Waals surface area (Å²) in [4.78, 5) is 42.6. The summed E-state index contributed by atoms with van der Waals surface area (Å²) in [7, 11) is 0. The molecule has 1 aromatic heterocycles. The lowest BCUT2D eigenvalue weighted by molar-refractivity contribution is -0.123. The zero-order valence-electron chi connectivity index (χ0n) is 23.9. The second-order valence-electron chi connectivity index (χ2n) is 11.0. The van der Waals surface area contributed by atoms with E-state index in [1.807, 2.05) is 19.1 Å². The molecule has 2 aliphatic rings. The number of nitrogens with two attached hydrogens (primary N) is 1. The van der Waals surface area contributed by atoms with E-state index in [-0.39, 0.29) is 45.7 Å². The highest BCUT2D eigenvalue weighted by atomic mass is 35.5. The van der Waals surface area contributed by atoms with Crippen molar-refractivity contribution >= 4 is 52.2 Å². The Kier molecular flexibility index (Phi) is 9.94. The molecule has 3 aromatic rings. The Morgan fingerprint density at radius 3 is 2.53 bits per heavy atom. The Morgan fingerprint density at radius 2 is 1.86 bits per heavy atom. The molecule has 228 valence electrons. The van der Waals surface area contributed by atoms with Crippen LogP contribution >= 0.6 is 23.1 Å². The van der Waals surface area contributed by atoms with Gasteiger partial charge in [-0.15, -0.1) is 0 Å². The van der Waals surface area contributed by atoms with Crippen molar-refractivity contribution in [1.29, 1.82) is 0 Å². The molecule has 5 rings (SSSR count). The van der Waals surface area contributed by atoms with Crippen LogP contribution in [0, 0.1) is 12.7 Å². The van der Waals surface area contributed by atoms with E-state index in [1.54, 1.807) is 12.1 Å². The van der Waals surface area contributed by atoms with Gasteiger partial charge in [0.1, 0.15) is 16.7 Å². The van der Waals surface area contributed by atoms with Crippen LogP contribution < -0.4 is 21.3 Å². The van der Waals surface area contributed by atoms with Crippen LogP contribution in [-0.4, -0.2) is 47.4 Å². The highest BCUT2D eigenvalue weighted by Gasteiger charge is 2.37. The van der Waals surface area contributed by atoms with Crippen molar-refractivity contribution in [3.63, 3.8) is 0 Å². The summed E-state index contributed by atoms with van der Waals surface area (Å²) in [6.07, 6.45) is 6.54. The number of rotatable bonds is 9. The molecule has 1 aliphatic heterocycles. The number of halogens is 2. The van der Waals surface area contributed by atoms with E-state index in [0.717, 1.165) is 68.1 Å². The molecule has 2 fully saturated rings. The number of hydrogen-bond donors (Lipinski definition) is 3. The molecule has 12 heteroatoms. The van der Waals surface area contributed by atoms with E-state index in [0.29, 0.717) is 12.2 Å². The van der Waals surface area contributed by atoms with Gasteiger partial charge < -0.3 is 21.1 Å². The summed E-state index contributed by atoms with van der Waals surface area (Å²) in [6, 6.07) is 9.84. The molecule has 0 unspecified atom stereocenters. The van der Waals surface area contributed by atoms with Gasteiger partial charge in [-0.05, 0) is 67.9 Å². The zero-order chi connectivity index (χ0) is 30.5. The molecule has 1 aliphatic carbocycles. The molecular weight excluding hydrogens is 593 g/mol. The Hall–Kier alpha value is -3.54. The van der Waals surface area contributed by atoms with Gasteiger partial charge in [-0.25, -0.2) is 4.39 Å². The number of amides is 3. The highest BCUT2D eigenvalue weighted by Crippen LogP contribution is 2.35. The van der Waals surface area contributed by atoms with Crippen LogP contribution in [0.1, 0.15) is 82.3 Å². The van der Waals surface area contributed by atoms with Crippen molar-refractivity contribution in [3.05, 3.63) is 75.0 Å². The third-order valence-corrected chi connectivity index (χ3v) is 9.05. The first kappa shape index (κ1) is 30.9. The first-order chi connectivity index (χ1) is 20.7. The minimum absolute atomic E-state index is 0.0155. The van der Waals surface area contributed by atoms with Crippen LogP contribution in [0.15, 0.2) is 42.5 Å². The van der Waals surface area contributed by atoms with Gasteiger partial charge in [0.15, 0.2) is 5.69 Å². The van der Waals surface area contributed by atoms with Crippen molar-refractivity contribution in [1.82, 2.24) is 15.0 Å². The van der Waals surface area contributed by atoms with Crippen LogP contribution in [0.5, 0.6) is 0 Å². The van der Waals surface area contributed by atoms with Crippen LogP contribution in [0.4, 0.5) is 15.8 Å². The van der Waals surface area contributed by atoms with E-state index in [1.165, 1.54) is 17.0 Å². The molecular formula is C31H35ClFN5O4S. The topological polar surface area (TPSA) is 127 Å². The number of nitrogen functional groups attached to an aromatic ring is 1. The molecule has 0 bridgehead atoms. The quantitative estimate of drug-likeness (QED) is 0.285. The summed E-state index contributed by atoms with van der Waals surface area (Å²) in [5.41, 5.74) is 7.93. The maximum Gasteiger partial charge on any atom is 0.273 e. The van der Waals surface area contributed by atoms with Crippen molar-refractivity contribution in [2.75, 3.05) is 23.8 Å². The van der Waals surface area contributed by atoms with Gasteiger partial charge in [0.2, 0.25) is 5.91 Å². The Morgan fingerprint density at radius 1 is 1.12 bits per heavy atom. The third kappa shape index (κ3) is 7.17. The Bertz CT molecular complexity index is 1470. The molecule has 1 saturated heterocycles. The summed E-state index contributed by atoms with van der Waals surface area (Å²) < 4.78 is 24.2. The van der Waals surface area contributed by atoms with Crippen LogP contribution in [0.2, 0.25) is 5.02 Å². The number of carbonyl (C=O) groups is 3. The molecule has 4 N–H and O–H groups in total. The van der Waals surface area contributed by atoms with Crippen molar-refractivity contribution in [3.8, 4) is 0 Å². The molecule has 3 amide bonds. The summed E-state index contributed by atoms with van der Waals surface area (Å²) in [5, 5.41) is 5.70. The summed E-state index contributed by atoms with van der Waals surface area (Å²) in [5.74, 6) is -2.26. The number of carbonyl (C=O) groups excluding carboxylic acids is 3. The van der Waals surface area contributed by atoms with Crippen LogP contribution in [0.3, 0.4) is 0 Å². The molecule has 0 spiro atoms. The fourth-order valence-electron chi connectivity index (χ4n) is 5.53. The van der Waals surface area contributed by atoms with E-state index in [2.05, 4.69) is 15.0 Å². The highest BCUT2D eigenvalue weighted by molar-refractivity contribution is 7.09. The molecule has 1 saturated carbocycles. The second-order valence-corrected chi connectivity index (χ2v) is 12.2. The van der Waals surface area contributed by atoms with Gasteiger partial charge in [0.25, 0.3) is 11.8 Å². The number of ether oxygens (including phenoxy) is 1. The average molecular weight is 628 g/mol. The SMILES string of the molecule is Cc1ccc([C@H](C(=O)NC[C@@H]2CCCO2)N(C(=O)c2snc(C(=O)NC3CCCCC3)c2N)c2ccc(F)c(Cl)c2)cc1. The second kappa shape index (κ2) is 13.8. The largest absolute Gasteiger partial charge is 0.395 e. The Balaban J connectivity index is 1.52. The molecule has 2 aromatic carbocycles. The first-order valence-electron chi connectivity index (χ1n) is 14.5. The van der Waals surface area contributed by atoms with Crippen molar-refractivity contribution < 1.29 is 23.5 Å². The maximum atomic E-state index is 14.4. The molecule has 0 radical (unpaired) electrons. The lowest BCUT2D eigenvalue weighted by atomic mass is 9.95. The van der Waals surface area contributed by atoms with Gasteiger partial charge in [-0.1, -0.05) is 60.7 Å². The molecule has 9 nitrogen and oxygen atoms in total. The standard InChI is InChI=1S/C31H35ClFN5O4S/c1-18-9-11-19(12-10-18)27(30(40)35-17-22-8-5-15-42-22)38(21-13-14-24(33)23(32)16-21)31(41)28-25(34)26(37-43-28)29(39)36-20-6-3-2-4-7-20/h9-14,16,20,22,27H,2-8,15,17,34H2,1H3,(H,35,40)(H,36,39)/t22-,27+/m0/s1. The number of aromatic nitrogens is 1. The number of aryl methyl sites for hydroxylation is 1. The number of nitrogens with one attached hydrogen (secondary N) is 2. The van der Waals surface area contributed by atoms with Gasteiger partial charge in [-0.2, -0.15) is 4.37 Å². The van der Waals surface area contributed by atoms with Gasteiger partial charge >= 0.3 is 0 Å². The predicted octanol–water partition coefficient (Wildman–Crippen LogP) is 5.57. The number of hydrogen-bond acceptors (Lipinski definition) is 7. The monoisotopic (exact) mass is 627 g/mol. The van der Waals surface area contributed by atoms with Gasteiger partial charge in [0.05, 0.1) is 16.8 Å². The van der Waals surface area contributed by atoms with Gasteiger partial charge in [0, 0.05) is 24.9 Å². The van der Waals surface area contributed by atoms with E-state index in [4.69, 9.17) is 22.1 Å². The lowest BCUT2D eigenvalue weighted by Gasteiger charge is -2.32. The van der Waals surface area contributed by atoms with Gasteiger partial charge in [-0.3, -0.25) is 19.3 Å². The van der Waals surface area contributed by atoms with Crippen LogP contribution in [-0.2, 0) is 9.53 Å². The maximum absolute atomic E-state index is 14.4. The number of nitrogens with zero attached hydrogens (tertiary/aromatic N) is 2.